The van der Waals surface area contributed by atoms with Gasteiger partial charge in [0.05, 0.1) is 5.57 Å². The minimum Gasteiger partial charge on any atom is -0.489 e. The Labute approximate surface area is 263 Å². The van der Waals surface area contributed by atoms with Crippen LogP contribution in [0.15, 0.2) is 93.7 Å². The number of carbonyl (C=O) groups excluding carboxylic acids is 1. The normalized spacial score (nSPS) is 16.9. The van der Waals surface area contributed by atoms with Crippen molar-refractivity contribution >= 4 is 39.6 Å². The standard InChI is InChI=1S/C33H32BrFN4O3S/c1-21-29(31(40)42-25-13-6-3-7-14-25)30(26-18-24(34)16-17-28(26)41-19-22-10-4-2-5-11-22)39-32(36-21)37-33(38-39)43-20-23-12-8-9-15-27(23)35/h2,4-5,8-12,15-18,25,30H,3,6-7,13-14,19-20H2,1H3,(H,36,37,38). The Bertz CT molecular complexity index is 1640. The molecule has 4 aromatic rings. The lowest BCUT2D eigenvalue weighted by Crippen LogP contribution is -2.32. The van der Waals surface area contributed by atoms with Crippen LogP contribution in [0.2, 0.25) is 0 Å². The number of benzene rings is 3. The molecule has 43 heavy (non-hydrogen) atoms. The lowest BCUT2D eigenvalue weighted by molar-refractivity contribution is -0.146. The molecule has 2 aliphatic rings. The summed E-state index contributed by atoms with van der Waals surface area (Å²) < 4.78 is 29.3. The van der Waals surface area contributed by atoms with Gasteiger partial charge >= 0.3 is 5.97 Å². The first-order chi connectivity index (χ1) is 21.0. The second-order valence-electron chi connectivity index (χ2n) is 10.7. The highest BCUT2D eigenvalue weighted by molar-refractivity contribution is 9.10. The van der Waals surface area contributed by atoms with Gasteiger partial charge in [-0.2, -0.15) is 4.98 Å². The summed E-state index contributed by atoms with van der Waals surface area (Å²) >= 11 is 4.96. The van der Waals surface area contributed by atoms with Gasteiger partial charge < -0.3 is 14.8 Å². The molecule has 1 atom stereocenters. The van der Waals surface area contributed by atoms with Crippen LogP contribution in [0.25, 0.3) is 0 Å². The highest BCUT2D eigenvalue weighted by Crippen LogP contribution is 2.42. The summed E-state index contributed by atoms with van der Waals surface area (Å²) in [7, 11) is 0. The van der Waals surface area contributed by atoms with Crippen molar-refractivity contribution in [3.8, 4) is 5.75 Å². The minimum atomic E-state index is -0.661. The van der Waals surface area contributed by atoms with Crippen LogP contribution in [0, 0.1) is 5.82 Å². The molecule has 1 N–H and O–H groups in total. The van der Waals surface area contributed by atoms with Crippen LogP contribution < -0.4 is 10.1 Å². The average Bonchev–Trinajstić information content (AvgIpc) is 3.42. The highest BCUT2D eigenvalue weighted by Gasteiger charge is 2.38. The molecule has 1 saturated carbocycles. The number of hydrogen-bond acceptors (Lipinski definition) is 7. The molecule has 1 aliphatic heterocycles. The van der Waals surface area contributed by atoms with Gasteiger partial charge in [0, 0.05) is 21.5 Å². The van der Waals surface area contributed by atoms with E-state index in [1.807, 2.05) is 61.5 Å². The fourth-order valence-electron chi connectivity index (χ4n) is 5.50. The van der Waals surface area contributed by atoms with Crippen LogP contribution in [-0.2, 0) is 21.9 Å². The first kappa shape index (κ1) is 29.4. The maximum atomic E-state index is 14.3. The molecule has 0 amide bonds. The first-order valence-electron chi connectivity index (χ1n) is 14.4. The van der Waals surface area contributed by atoms with Gasteiger partial charge in [0.25, 0.3) is 0 Å². The molecule has 3 aromatic carbocycles. The third-order valence-corrected chi connectivity index (χ3v) is 9.08. The zero-order chi connectivity index (χ0) is 29.8. The van der Waals surface area contributed by atoms with Crippen molar-refractivity contribution in [3.05, 3.63) is 111 Å². The number of halogens is 2. The van der Waals surface area contributed by atoms with Gasteiger partial charge in [-0.25, -0.2) is 13.9 Å². The van der Waals surface area contributed by atoms with Gasteiger partial charge in [-0.05, 0) is 68.0 Å². The molecule has 0 radical (unpaired) electrons. The number of allylic oxidation sites excluding steroid dienone is 1. The molecule has 0 bridgehead atoms. The predicted octanol–water partition coefficient (Wildman–Crippen LogP) is 8.22. The van der Waals surface area contributed by atoms with E-state index in [2.05, 4.69) is 21.2 Å². The third-order valence-electron chi connectivity index (χ3n) is 7.70. The lowest BCUT2D eigenvalue weighted by Gasteiger charge is -2.31. The van der Waals surface area contributed by atoms with E-state index in [1.54, 1.807) is 16.8 Å². The molecule has 1 aromatic heterocycles. The summed E-state index contributed by atoms with van der Waals surface area (Å²) in [5.41, 5.74) is 3.44. The number of nitrogens with one attached hydrogen (secondary N) is 1. The van der Waals surface area contributed by atoms with Crippen LogP contribution in [0.5, 0.6) is 5.75 Å². The zero-order valence-electron chi connectivity index (χ0n) is 23.8. The molecule has 1 unspecified atom stereocenters. The number of aromatic nitrogens is 3. The average molecular weight is 664 g/mol. The van der Waals surface area contributed by atoms with E-state index in [1.165, 1.54) is 17.8 Å². The fraction of sp³-hybridized carbons (Fsp3) is 0.303. The topological polar surface area (TPSA) is 78.3 Å². The summed E-state index contributed by atoms with van der Waals surface area (Å²) in [5.74, 6) is 0.831. The Morgan fingerprint density at radius 1 is 1.07 bits per heavy atom. The number of thioether (sulfide) groups is 1. The van der Waals surface area contributed by atoms with Crippen LogP contribution in [0.4, 0.5) is 10.3 Å². The number of nitrogens with zero attached hydrogens (tertiary/aromatic N) is 3. The van der Waals surface area contributed by atoms with E-state index in [9.17, 15) is 9.18 Å². The van der Waals surface area contributed by atoms with Crippen molar-refractivity contribution in [2.24, 2.45) is 0 Å². The van der Waals surface area contributed by atoms with Gasteiger partial charge in [-0.3, -0.25) is 0 Å². The molecule has 6 rings (SSSR count). The van der Waals surface area contributed by atoms with E-state index in [4.69, 9.17) is 19.6 Å². The van der Waals surface area contributed by atoms with Gasteiger partial charge in [-0.15, -0.1) is 5.10 Å². The zero-order valence-corrected chi connectivity index (χ0v) is 26.2. The minimum absolute atomic E-state index is 0.109. The largest absolute Gasteiger partial charge is 0.489 e. The number of hydrogen-bond donors (Lipinski definition) is 1. The Hall–Kier alpha value is -3.63. The number of esters is 1. The van der Waals surface area contributed by atoms with Crippen LogP contribution >= 0.6 is 27.7 Å². The molecule has 222 valence electrons. The molecular formula is C33H32BrFN4O3S. The summed E-state index contributed by atoms with van der Waals surface area (Å²) in [6, 6.07) is 21.7. The van der Waals surface area contributed by atoms with Crippen LogP contribution in [0.1, 0.15) is 61.8 Å². The number of anilines is 1. The molecule has 0 spiro atoms. The molecule has 0 saturated heterocycles. The number of rotatable bonds is 9. The van der Waals surface area contributed by atoms with E-state index in [0.29, 0.717) is 46.0 Å². The van der Waals surface area contributed by atoms with Gasteiger partial charge in [0.1, 0.15) is 30.3 Å². The molecule has 7 nitrogen and oxygen atoms in total. The molecule has 2 heterocycles. The number of ether oxygens (including phenoxy) is 2. The van der Waals surface area contributed by atoms with E-state index >= 15 is 0 Å². The molecule has 10 heteroatoms. The van der Waals surface area contributed by atoms with E-state index in [0.717, 1.165) is 47.7 Å². The lowest BCUT2D eigenvalue weighted by atomic mass is 9.94. The second-order valence-corrected chi connectivity index (χ2v) is 12.6. The Morgan fingerprint density at radius 3 is 2.63 bits per heavy atom. The quantitative estimate of drug-likeness (QED) is 0.143. The summed E-state index contributed by atoms with van der Waals surface area (Å²) in [6.07, 6.45) is 4.89. The fourth-order valence-corrected chi connectivity index (χ4v) is 6.69. The number of fused-ring (bicyclic) bond motifs is 1. The summed E-state index contributed by atoms with van der Waals surface area (Å²) in [4.78, 5) is 18.6. The molecular weight excluding hydrogens is 631 g/mol. The smallest absolute Gasteiger partial charge is 0.338 e. The monoisotopic (exact) mass is 662 g/mol. The van der Waals surface area contributed by atoms with Crippen molar-refractivity contribution < 1.29 is 18.7 Å². The Kier molecular flexibility index (Phi) is 9.14. The summed E-state index contributed by atoms with van der Waals surface area (Å²) in [5, 5.41) is 8.57. The maximum absolute atomic E-state index is 14.3. The van der Waals surface area contributed by atoms with Crippen LogP contribution in [0.3, 0.4) is 0 Å². The van der Waals surface area contributed by atoms with E-state index in [-0.39, 0.29) is 17.9 Å². The van der Waals surface area contributed by atoms with Gasteiger partial charge in [0.15, 0.2) is 0 Å². The number of carbonyl (C=O) groups is 1. The predicted molar refractivity (Wildman–Crippen MR) is 168 cm³/mol. The maximum Gasteiger partial charge on any atom is 0.338 e. The van der Waals surface area contributed by atoms with Crippen molar-refractivity contribution in [3.63, 3.8) is 0 Å². The SMILES string of the molecule is CC1=C(C(=O)OC2CCCCC2)C(c2cc(Br)ccc2OCc2ccccc2)n2nc(SCc3ccccc3F)nc2N1. The Morgan fingerprint density at radius 2 is 1.84 bits per heavy atom. The van der Waals surface area contributed by atoms with Crippen molar-refractivity contribution in [1.29, 1.82) is 0 Å². The molecule has 1 aliphatic carbocycles. The Balaban J connectivity index is 1.37. The van der Waals surface area contributed by atoms with Gasteiger partial charge in [0.2, 0.25) is 11.1 Å². The molecule has 1 fully saturated rings. The van der Waals surface area contributed by atoms with Gasteiger partial charge in [-0.1, -0.05) is 82.6 Å². The van der Waals surface area contributed by atoms with Crippen LogP contribution in [-0.4, -0.2) is 26.8 Å². The first-order valence-corrected chi connectivity index (χ1v) is 16.2. The van der Waals surface area contributed by atoms with Crippen molar-refractivity contribution in [1.82, 2.24) is 14.8 Å². The van der Waals surface area contributed by atoms with E-state index < -0.39 is 6.04 Å². The van der Waals surface area contributed by atoms with Crippen molar-refractivity contribution in [2.45, 2.75) is 68.7 Å². The summed E-state index contributed by atoms with van der Waals surface area (Å²) in [6.45, 7) is 2.22. The van der Waals surface area contributed by atoms with Crippen molar-refractivity contribution in [2.75, 3.05) is 5.32 Å². The highest BCUT2D eigenvalue weighted by atomic mass is 79.9. The third kappa shape index (κ3) is 6.80. The second kappa shape index (κ2) is 13.3.